The number of hydrogen-bond acceptors (Lipinski definition) is 7. The molecule has 7 nitrogen and oxygen atoms in total. The molecule has 0 aromatic carbocycles. The molecule has 7 heteroatoms. The molecule has 0 radical (unpaired) electrons. The Hall–Kier alpha value is -1.73. The van der Waals surface area contributed by atoms with Crippen LogP contribution in [-0.2, 0) is 4.74 Å². The van der Waals surface area contributed by atoms with Crippen LogP contribution in [0.1, 0.15) is 18.5 Å². The number of ether oxygens (including phenoxy) is 1. The monoisotopic (exact) mass is 278 g/mol. The van der Waals surface area contributed by atoms with E-state index in [1.54, 1.807) is 0 Å². The molecule has 3 heterocycles. The standard InChI is InChI=1S/C13H18N4O3/c1-8-11-12(15-7-16-13(11)20-17-8)14-6-10(18)9-2-4-19-5-3-9/h7,9-10,18H,2-6H2,1H3,(H,14,15,16)/t10-/m0/s1. The van der Waals surface area contributed by atoms with Crippen molar-refractivity contribution in [3.8, 4) is 0 Å². The number of aryl methyl sites for hydroxylation is 1. The van der Waals surface area contributed by atoms with Gasteiger partial charge in [-0.25, -0.2) is 4.98 Å². The molecule has 20 heavy (non-hydrogen) atoms. The van der Waals surface area contributed by atoms with Crippen molar-refractivity contribution in [2.24, 2.45) is 5.92 Å². The van der Waals surface area contributed by atoms with Crippen LogP contribution in [0.4, 0.5) is 5.82 Å². The van der Waals surface area contributed by atoms with E-state index < -0.39 is 6.10 Å². The fourth-order valence-corrected chi connectivity index (χ4v) is 2.52. The first kappa shape index (κ1) is 13.3. The van der Waals surface area contributed by atoms with Crippen LogP contribution in [0, 0.1) is 12.8 Å². The van der Waals surface area contributed by atoms with Crippen LogP contribution in [0.5, 0.6) is 0 Å². The van der Waals surface area contributed by atoms with Gasteiger partial charge in [0.2, 0.25) is 0 Å². The fourth-order valence-electron chi connectivity index (χ4n) is 2.52. The van der Waals surface area contributed by atoms with Crippen molar-refractivity contribution in [2.45, 2.75) is 25.9 Å². The van der Waals surface area contributed by atoms with Crippen molar-refractivity contribution in [1.29, 1.82) is 0 Å². The molecule has 1 atom stereocenters. The molecule has 1 aliphatic heterocycles. The van der Waals surface area contributed by atoms with E-state index in [4.69, 9.17) is 9.26 Å². The van der Waals surface area contributed by atoms with Crippen LogP contribution in [-0.4, -0.2) is 46.1 Å². The number of fused-ring (bicyclic) bond motifs is 1. The highest BCUT2D eigenvalue weighted by Gasteiger charge is 2.22. The van der Waals surface area contributed by atoms with E-state index in [0.29, 0.717) is 18.1 Å². The van der Waals surface area contributed by atoms with Crippen molar-refractivity contribution in [1.82, 2.24) is 15.1 Å². The molecule has 0 unspecified atom stereocenters. The van der Waals surface area contributed by atoms with E-state index in [1.165, 1.54) is 6.33 Å². The average molecular weight is 278 g/mol. The number of hydrogen-bond donors (Lipinski definition) is 2. The minimum atomic E-state index is -0.413. The highest BCUT2D eigenvalue weighted by molar-refractivity contribution is 5.87. The molecular weight excluding hydrogens is 260 g/mol. The molecule has 1 fully saturated rings. The molecule has 2 aromatic rings. The molecule has 0 aliphatic carbocycles. The summed E-state index contributed by atoms with van der Waals surface area (Å²) in [5.74, 6) is 0.928. The van der Waals surface area contributed by atoms with Crippen LogP contribution in [0.2, 0.25) is 0 Å². The predicted molar refractivity (Wildman–Crippen MR) is 72.4 cm³/mol. The number of aromatic nitrogens is 3. The van der Waals surface area contributed by atoms with Gasteiger partial charge in [-0.15, -0.1) is 0 Å². The van der Waals surface area contributed by atoms with Crippen LogP contribution in [0.25, 0.3) is 11.1 Å². The highest BCUT2D eigenvalue weighted by Crippen LogP contribution is 2.23. The second-order valence-electron chi connectivity index (χ2n) is 5.07. The van der Waals surface area contributed by atoms with Gasteiger partial charge in [-0.2, -0.15) is 4.98 Å². The van der Waals surface area contributed by atoms with Crippen LogP contribution in [0.3, 0.4) is 0 Å². The second kappa shape index (κ2) is 5.72. The average Bonchev–Trinajstić information content (AvgIpc) is 2.88. The number of rotatable bonds is 4. The summed E-state index contributed by atoms with van der Waals surface area (Å²) in [4.78, 5) is 8.22. The lowest BCUT2D eigenvalue weighted by Crippen LogP contribution is -2.32. The maximum absolute atomic E-state index is 10.2. The lowest BCUT2D eigenvalue weighted by atomic mass is 9.94. The Kier molecular flexibility index (Phi) is 3.79. The number of aliphatic hydroxyl groups excluding tert-OH is 1. The van der Waals surface area contributed by atoms with Crippen molar-refractivity contribution >= 4 is 16.9 Å². The molecule has 108 valence electrons. The first-order valence-electron chi connectivity index (χ1n) is 6.82. The maximum Gasteiger partial charge on any atom is 0.263 e. The largest absolute Gasteiger partial charge is 0.391 e. The quantitative estimate of drug-likeness (QED) is 0.865. The Morgan fingerprint density at radius 1 is 1.40 bits per heavy atom. The zero-order valence-electron chi connectivity index (χ0n) is 11.4. The minimum absolute atomic E-state index is 0.275. The molecular formula is C13H18N4O3. The van der Waals surface area contributed by atoms with E-state index in [-0.39, 0.29) is 5.92 Å². The molecule has 1 aliphatic rings. The Labute approximate surface area is 116 Å². The van der Waals surface area contributed by atoms with Crippen molar-refractivity contribution in [3.05, 3.63) is 12.0 Å². The van der Waals surface area contributed by atoms with Gasteiger partial charge in [0.15, 0.2) is 0 Å². The van der Waals surface area contributed by atoms with Gasteiger partial charge in [-0.05, 0) is 25.7 Å². The first-order chi connectivity index (χ1) is 9.75. The molecule has 0 spiro atoms. The van der Waals surface area contributed by atoms with E-state index in [9.17, 15) is 5.11 Å². The second-order valence-corrected chi connectivity index (χ2v) is 5.07. The summed E-state index contributed by atoms with van der Waals surface area (Å²) in [5, 5.41) is 18.0. The minimum Gasteiger partial charge on any atom is -0.391 e. The zero-order valence-corrected chi connectivity index (χ0v) is 11.4. The molecule has 3 rings (SSSR count). The summed E-state index contributed by atoms with van der Waals surface area (Å²) in [6.07, 6.45) is 2.81. The van der Waals surface area contributed by atoms with Gasteiger partial charge < -0.3 is 19.7 Å². The van der Waals surface area contributed by atoms with Gasteiger partial charge >= 0.3 is 0 Å². The fraction of sp³-hybridized carbons (Fsp3) is 0.615. The molecule has 0 saturated carbocycles. The van der Waals surface area contributed by atoms with E-state index >= 15 is 0 Å². The Morgan fingerprint density at radius 3 is 3.00 bits per heavy atom. The Morgan fingerprint density at radius 2 is 2.20 bits per heavy atom. The van der Waals surface area contributed by atoms with Crippen LogP contribution in [0.15, 0.2) is 10.9 Å². The van der Waals surface area contributed by atoms with Crippen molar-refractivity contribution < 1.29 is 14.4 Å². The van der Waals surface area contributed by atoms with Crippen molar-refractivity contribution in [2.75, 3.05) is 25.1 Å². The Balaban J connectivity index is 1.68. The van der Waals surface area contributed by atoms with E-state index in [2.05, 4.69) is 20.4 Å². The summed E-state index contributed by atoms with van der Waals surface area (Å²) in [6, 6.07) is 0. The van der Waals surface area contributed by atoms with Gasteiger partial charge in [-0.3, -0.25) is 0 Å². The highest BCUT2D eigenvalue weighted by atomic mass is 16.5. The smallest absolute Gasteiger partial charge is 0.263 e. The molecule has 0 bridgehead atoms. The van der Waals surface area contributed by atoms with Gasteiger partial charge in [0.05, 0.1) is 11.8 Å². The summed E-state index contributed by atoms with van der Waals surface area (Å²) in [5.41, 5.74) is 1.20. The number of aliphatic hydroxyl groups is 1. The lowest BCUT2D eigenvalue weighted by Gasteiger charge is -2.26. The number of nitrogens with one attached hydrogen (secondary N) is 1. The van der Waals surface area contributed by atoms with Gasteiger partial charge in [0.1, 0.15) is 17.5 Å². The summed E-state index contributed by atoms with van der Waals surface area (Å²) < 4.78 is 10.4. The number of nitrogens with zero attached hydrogens (tertiary/aromatic N) is 3. The first-order valence-corrected chi connectivity index (χ1v) is 6.82. The third kappa shape index (κ3) is 2.59. The molecule has 1 saturated heterocycles. The SMILES string of the molecule is Cc1noc2ncnc(NC[C@H](O)C3CCOCC3)c12. The third-order valence-corrected chi connectivity index (χ3v) is 3.73. The van der Waals surface area contributed by atoms with E-state index in [1.807, 2.05) is 6.92 Å². The third-order valence-electron chi connectivity index (χ3n) is 3.73. The van der Waals surface area contributed by atoms with Crippen LogP contribution < -0.4 is 5.32 Å². The van der Waals surface area contributed by atoms with Crippen molar-refractivity contribution in [3.63, 3.8) is 0 Å². The summed E-state index contributed by atoms with van der Waals surface area (Å²) in [7, 11) is 0. The summed E-state index contributed by atoms with van der Waals surface area (Å²) >= 11 is 0. The number of anilines is 1. The van der Waals surface area contributed by atoms with Gasteiger partial charge in [-0.1, -0.05) is 5.16 Å². The zero-order chi connectivity index (χ0) is 13.9. The van der Waals surface area contributed by atoms with Gasteiger partial charge in [0, 0.05) is 19.8 Å². The van der Waals surface area contributed by atoms with Crippen LogP contribution >= 0.6 is 0 Å². The normalized spacial score (nSPS) is 18.3. The van der Waals surface area contributed by atoms with Gasteiger partial charge in [0.25, 0.3) is 5.71 Å². The predicted octanol–water partition coefficient (Wildman–Crippen LogP) is 1.13. The van der Waals surface area contributed by atoms with E-state index in [0.717, 1.165) is 37.1 Å². The molecule has 2 N–H and O–H groups in total. The lowest BCUT2D eigenvalue weighted by molar-refractivity contribution is 0.0131. The summed E-state index contributed by atoms with van der Waals surface area (Å²) in [6.45, 7) is 3.74. The Bertz CT molecular complexity index is 580. The molecule has 2 aromatic heterocycles. The molecule has 0 amide bonds. The topological polar surface area (TPSA) is 93.3 Å². The maximum atomic E-state index is 10.2.